The van der Waals surface area contributed by atoms with E-state index in [1.807, 2.05) is 36.4 Å². The molecule has 0 aromatic heterocycles. The first-order valence-electron chi connectivity index (χ1n) is 5.28. The maximum atomic E-state index is 3.96. The molecule has 0 aliphatic heterocycles. The molecule has 0 heteroatoms. The van der Waals surface area contributed by atoms with E-state index in [1.165, 1.54) is 0 Å². The fourth-order valence-corrected chi connectivity index (χ4v) is 1.78. The molecule has 16 heavy (non-hydrogen) atoms. The first kappa shape index (κ1) is 10.7. The van der Waals surface area contributed by atoms with E-state index >= 15 is 0 Å². The molecule has 0 N–H and O–H groups in total. The summed E-state index contributed by atoms with van der Waals surface area (Å²) in [6, 6.07) is 20.5. The number of hydrogen-bond donors (Lipinski definition) is 0. The lowest BCUT2D eigenvalue weighted by atomic mass is 9.94. The van der Waals surface area contributed by atoms with Gasteiger partial charge >= 0.3 is 0 Å². The zero-order valence-electron chi connectivity index (χ0n) is 9.19. The quantitative estimate of drug-likeness (QED) is 0.692. The van der Waals surface area contributed by atoms with Gasteiger partial charge in [0.1, 0.15) is 0 Å². The maximum absolute atomic E-state index is 3.96. The summed E-state index contributed by atoms with van der Waals surface area (Å²) in [5, 5.41) is 0. The Labute approximate surface area is 97.3 Å². The van der Waals surface area contributed by atoms with E-state index in [0.29, 0.717) is 0 Å². The molecule has 0 aliphatic rings. The second-order valence-corrected chi connectivity index (χ2v) is 3.71. The van der Waals surface area contributed by atoms with E-state index < -0.39 is 0 Å². The minimum Gasteiger partial charge on any atom is -0.0622 e. The minimum atomic E-state index is 0.845. The van der Waals surface area contributed by atoms with E-state index in [-0.39, 0.29) is 0 Å². The first-order chi connectivity index (χ1) is 7.79. The molecule has 2 rings (SSSR count). The third kappa shape index (κ3) is 2.22. The summed E-state index contributed by atoms with van der Waals surface area (Å²) in [5.74, 6) is 0. The Morgan fingerprint density at radius 1 is 0.625 bits per heavy atom. The molecule has 2 aromatic rings. The lowest BCUT2D eigenvalue weighted by Gasteiger charge is -2.10. The third-order valence-electron chi connectivity index (χ3n) is 2.48. The molecule has 2 aromatic carbocycles. The van der Waals surface area contributed by atoms with E-state index in [0.717, 1.165) is 22.3 Å². The summed E-state index contributed by atoms with van der Waals surface area (Å²) in [4.78, 5) is 0. The Balaban J connectivity index is 2.54. The van der Waals surface area contributed by atoms with Gasteiger partial charge < -0.3 is 0 Å². The Bertz CT molecular complexity index is 432. The third-order valence-corrected chi connectivity index (χ3v) is 2.48. The molecule has 0 nitrogen and oxygen atoms in total. The van der Waals surface area contributed by atoms with Gasteiger partial charge in [-0.15, -0.1) is 0 Å². The maximum Gasteiger partial charge on any atom is -0.0119 e. The standard InChI is InChI=1S/C16H14/c1-13(2)16(14-9-5-3-6-10-14)15-11-7-4-8-12-15/h3-12H,1-2H2. The SMILES string of the molecule is [CH2]C([CH2])=C(c1ccccc1)c1ccccc1. The molecule has 0 fully saturated rings. The van der Waals surface area contributed by atoms with Crippen LogP contribution >= 0.6 is 0 Å². The summed E-state index contributed by atoms with van der Waals surface area (Å²) in [6.45, 7) is 7.92. The van der Waals surface area contributed by atoms with Crippen molar-refractivity contribution in [3.63, 3.8) is 0 Å². The predicted octanol–water partition coefficient (Wildman–Crippen LogP) is 4.16. The van der Waals surface area contributed by atoms with Crippen LogP contribution in [0.4, 0.5) is 0 Å². The van der Waals surface area contributed by atoms with Gasteiger partial charge in [0.2, 0.25) is 0 Å². The monoisotopic (exact) mass is 206 g/mol. The largest absolute Gasteiger partial charge is 0.0622 e. The van der Waals surface area contributed by atoms with Gasteiger partial charge in [-0.2, -0.15) is 0 Å². The Morgan fingerprint density at radius 2 is 1.00 bits per heavy atom. The molecule has 0 saturated carbocycles. The van der Waals surface area contributed by atoms with Crippen molar-refractivity contribution in [2.75, 3.05) is 0 Å². The van der Waals surface area contributed by atoms with Crippen molar-refractivity contribution in [1.82, 2.24) is 0 Å². The molecule has 0 aliphatic carbocycles. The molecule has 2 radical (unpaired) electrons. The van der Waals surface area contributed by atoms with Crippen molar-refractivity contribution in [2.24, 2.45) is 0 Å². The van der Waals surface area contributed by atoms with Crippen molar-refractivity contribution in [1.29, 1.82) is 0 Å². The topological polar surface area (TPSA) is 0 Å². The fraction of sp³-hybridized carbons (Fsp3) is 0. The van der Waals surface area contributed by atoms with Crippen molar-refractivity contribution in [3.05, 3.63) is 91.2 Å². The number of benzene rings is 2. The number of rotatable bonds is 2. The van der Waals surface area contributed by atoms with Crippen LogP contribution in [0.1, 0.15) is 11.1 Å². The summed E-state index contributed by atoms with van der Waals surface area (Å²) in [7, 11) is 0. The highest BCUT2D eigenvalue weighted by molar-refractivity contribution is 5.83. The molecular weight excluding hydrogens is 192 g/mol. The van der Waals surface area contributed by atoms with Crippen LogP contribution in [-0.4, -0.2) is 0 Å². The van der Waals surface area contributed by atoms with Crippen LogP contribution in [0.2, 0.25) is 0 Å². The van der Waals surface area contributed by atoms with Crippen LogP contribution in [0.3, 0.4) is 0 Å². The zero-order chi connectivity index (χ0) is 11.4. The summed E-state index contributed by atoms with van der Waals surface area (Å²) < 4.78 is 0. The van der Waals surface area contributed by atoms with Crippen LogP contribution < -0.4 is 0 Å². The molecule has 0 atom stereocenters. The highest BCUT2D eigenvalue weighted by Gasteiger charge is 2.05. The normalized spacial score (nSPS) is 9.88. The van der Waals surface area contributed by atoms with Crippen LogP contribution in [0.5, 0.6) is 0 Å². The van der Waals surface area contributed by atoms with Gasteiger partial charge in [-0.3, -0.25) is 0 Å². The van der Waals surface area contributed by atoms with Gasteiger partial charge in [-0.25, -0.2) is 0 Å². The minimum absolute atomic E-state index is 0.845. The lowest BCUT2D eigenvalue weighted by Crippen LogP contribution is -1.90. The Hall–Kier alpha value is -1.82. The molecule has 0 saturated heterocycles. The first-order valence-corrected chi connectivity index (χ1v) is 5.28. The Morgan fingerprint density at radius 3 is 1.31 bits per heavy atom. The van der Waals surface area contributed by atoms with Crippen LogP contribution in [0, 0.1) is 13.8 Å². The molecular formula is C16H14. The predicted molar refractivity (Wildman–Crippen MR) is 69.6 cm³/mol. The molecule has 0 bridgehead atoms. The molecule has 0 unspecified atom stereocenters. The highest BCUT2D eigenvalue weighted by Crippen LogP contribution is 2.25. The average molecular weight is 206 g/mol. The van der Waals surface area contributed by atoms with Crippen molar-refractivity contribution < 1.29 is 0 Å². The summed E-state index contributed by atoms with van der Waals surface area (Å²) in [6.07, 6.45) is 0. The molecule has 78 valence electrons. The Kier molecular flexibility index (Phi) is 3.21. The second kappa shape index (κ2) is 4.80. The van der Waals surface area contributed by atoms with Crippen molar-refractivity contribution >= 4 is 5.57 Å². The van der Waals surface area contributed by atoms with Gasteiger partial charge in [0.25, 0.3) is 0 Å². The number of allylic oxidation sites excluding steroid dienone is 1. The smallest absolute Gasteiger partial charge is 0.0119 e. The number of hydrogen-bond acceptors (Lipinski definition) is 0. The summed E-state index contributed by atoms with van der Waals surface area (Å²) in [5.41, 5.74) is 4.28. The van der Waals surface area contributed by atoms with E-state index in [4.69, 9.17) is 0 Å². The highest BCUT2D eigenvalue weighted by atomic mass is 14.1. The van der Waals surface area contributed by atoms with E-state index in [9.17, 15) is 0 Å². The van der Waals surface area contributed by atoms with Gasteiger partial charge in [0.15, 0.2) is 0 Å². The summed E-state index contributed by atoms with van der Waals surface area (Å²) >= 11 is 0. The van der Waals surface area contributed by atoms with Crippen LogP contribution in [-0.2, 0) is 0 Å². The van der Waals surface area contributed by atoms with Gasteiger partial charge in [0.05, 0.1) is 0 Å². The zero-order valence-corrected chi connectivity index (χ0v) is 9.19. The average Bonchev–Trinajstić information content (AvgIpc) is 2.31. The van der Waals surface area contributed by atoms with Gasteiger partial charge in [-0.05, 0) is 30.5 Å². The van der Waals surface area contributed by atoms with Crippen molar-refractivity contribution in [3.8, 4) is 0 Å². The van der Waals surface area contributed by atoms with Crippen molar-refractivity contribution in [2.45, 2.75) is 0 Å². The van der Waals surface area contributed by atoms with Gasteiger partial charge in [-0.1, -0.05) is 66.2 Å². The van der Waals surface area contributed by atoms with E-state index in [1.54, 1.807) is 0 Å². The molecule has 0 amide bonds. The van der Waals surface area contributed by atoms with Crippen LogP contribution in [0.15, 0.2) is 66.2 Å². The van der Waals surface area contributed by atoms with Crippen LogP contribution in [0.25, 0.3) is 5.57 Å². The molecule has 0 spiro atoms. The van der Waals surface area contributed by atoms with Gasteiger partial charge in [0, 0.05) is 0 Å². The lowest BCUT2D eigenvalue weighted by molar-refractivity contribution is 1.52. The molecule has 0 heterocycles. The van der Waals surface area contributed by atoms with E-state index in [2.05, 4.69) is 38.1 Å². The fourth-order valence-electron chi connectivity index (χ4n) is 1.78. The second-order valence-electron chi connectivity index (χ2n) is 3.71.